The van der Waals surface area contributed by atoms with E-state index in [1.165, 1.54) is 102 Å². The molecule has 0 aliphatic carbocycles. The fourth-order valence-electron chi connectivity index (χ4n) is 3.80. The van der Waals surface area contributed by atoms with Gasteiger partial charge in [0.05, 0.1) is 0 Å². The van der Waals surface area contributed by atoms with Gasteiger partial charge in [0.15, 0.2) is 6.29 Å². The van der Waals surface area contributed by atoms with Crippen LogP contribution in [0.3, 0.4) is 0 Å². The molecule has 1 aromatic heterocycles. The lowest BCUT2D eigenvalue weighted by atomic mass is 10.0. The van der Waals surface area contributed by atoms with Crippen molar-refractivity contribution < 1.29 is 9.47 Å². The quantitative estimate of drug-likeness (QED) is 0.296. The van der Waals surface area contributed by atoms with Crippen LogP contribution >= 0.6 is 0 Å². The molecule has 0 saturated carbocycles. The van der Waals surface area contributed by atoms with Crippen molar-refractivity contribution in [2.75, 3.05) is 13.2 Å². The molecule has 0 spiro atoms. The van der Waals surface area contributed by atoms with Crippen LogP contribution < -0.4 is 0 Å². The maximum absolute atomic E-state index is 5.78. The van der Waals surface area contributed by atoms with Crippen LogP contribution in [0.25, 0.3) is 0 Å². The summed E-state index contributed by atoms with van der Waals surface area (Å²) in [6.45, 7) is 1.77. The van der Waals surface area contributed by atoms with Gasteiger partial charge in [0.2, 0.25) is 0 Å². The van der Waals surface area contributed by atoms with E-state index in [4.69, 9.17) is 9.47 Å². The Balaban J connectivity index is 1.24. The Morgan fingerprint density at radius 3 is 2.11 bits per heavy atom. The molecule has 1 aliphatic rings. The highest BCUT2D eigenvalue weighted by Crippen LogP contribution is 2.15. The summed E-state index contributed by atoms with van der Waals surface area (Å²) in [5.41, 5.74) is 1.38. The van der Waals surface area contributed by atoms with E-state index in [0.29, 0.717) is 0 Å². The van der Waals surface area contributed by atoms with Gasteiger partial charge in [-0.15, -0.1) is 0 Å². The minimum Gasteiger partial charge on any atom is -0.353 e. The lowest BCUT2D eigenvalue weighted by molar-refractivity contribution is -0.162. The third-order valence-electron chi connectivity index (χ3n) is 5.52. The normalized spacial score (nSPS) is 17.3. The zero-order valence-electron chi connectivity index (χ0n) is 17.4. The van der Waals surface area contributed by atoms with E-state index in [9.17, 15) is 0 Å². The van der Waals surface area contributed by atoms with Crippen molar-refractivity contribution in [1.82, 2.24) is 4.98 Å². The van der Waals surface area contributed by atoms with Crippen LogP contribution in [-0.4, -0.2) is 24.5 Å². The summed E-state index contributed by atoms with van der Waals surface area (Å²) in [6, 6.07) is 4.22. The Labute approximate surface area is 167 Å². The second kappa shape index (κ2) is 16.1. The molecule has 0 radical (unpaired) electrons. The van der Waals surface area contributed by atoms with E-state index in [1.54, 1.807) is 0 Å². The summed E-state index contributed by atoms with van der Waals surface area (Å²) in [4.78, 5) is 4.18. The SMILES string of the molecule is c1cncc(CCCCCCCCCCCCCCOC2CCCCO2)c1. The molecule has 1 aromatic rings. The number of hydrogen-bond donors (Lipinski definition) is 0. The van der Waals surface area contributed by atoms with E-state index in [-0.39, 0.29) is 6.29 Å². The second-order valence-electron chi connectivity index (χ2n) is 8.02. The van der Waals surface area contributed by atoms with E-state index >= 15 is 0 Å². The zero-order valence-corrected chi connectivity index (χ0v) is 17.4. The molecule has 154 valence electrons. The van der Waals surface area contributed by atoms with Gasteiger partial charge in [0.25, 0.3) is 0 Å². The van der Waals surface area contributed by atoms with Gasteiger partial charge >= 0.3 is 0 Å². The second-order valence-corrected chi connectivity index (χ2v) is 8.02. The molecular weight excluding hydrogens is 334 g/mol. The molecule has 1 saturated heterocycles. The standard InChI is InChI=1S/C24H41NO2/c1(3-5-7-9-11-16-23-17-15-19-25-22-23)2-4-6-8-10-13-20-26-24-18-12-14-21-27-24/h15,17,19,22,24H,1-14,16,18,20-21H2. The number of ether oxygens (including phenoxy) is 2. The summed E-state index contributed by atoms with van der Waals surface area (Å²) in [6.07, 6.45) is 25.1. The van der Waals surface area contributed by atoms with Crippen LogP contribution in [0, 0.1) is 0 Å². The van der Waals surface area contributed by atoms with Crippen LogP contribution in [0.2, 0.25) is 0 Å². The molecule has 0 bridgehead atoms. The lowest BCUT2D eigenvalue weighted by Crippen LogP contribution is -2.22. The van der Waals surface area contributed by atoms with Crippen molar-refractivity contribution in [3.63, 3.8) is 0 Å². The van der Waals surface area contributed by atoms with Crippen molar-refractivity contribution in [2.24, 2.45) is 0 Å². The van der Waals surface area contributed by atoms with Gasteiger partial charge in [-0.1, -0.05) is 70.3 Å². The van der Waals surface area contributed by atoms with Crippen LogP contribution in [-0.2, 0) is 15.9 Å². The first-order valence-corrected chi connectivity index (χ1v) is 11.6. The molecule has 2 rings (SSSR count). The molecule has 1 atom stereocenters. The third kappa shape index (κ3) is 12.2. The lowest BCUT2D eigenvalue weighted by Gasteiger charge is -2.22. The molecule has 0 amide bonds. The van der Waals surface area contributed by atoms with Gasteiger partial charge in [0, 0.05) is 25.6 Å². The minimum absolute atomic E-state index is 0.0918. The predicted octanol–water partition coefficient (Wildman–Crippen LogP) is 6.85. The van der Waals surface area contributed by atoms with Crippen molar-refractivity contribution >= 4 is 0 Å². The van der Waals surface area contributed by atoms with E-state index in [2.05, 4.69) is 11.1 Å². The van der Waals surface area contributed by atoms with E-state index in [1.807, 2.05) is 18.5 Å². The van der Waals surface area contributed by atoms with Crippen LogP contribution in [0.5, 0.6) is 0 Å². The molecule has 1 aliphatic heterocycles. The fraction of sp³-hybridized carbons (Fsp3) is 0.792. The Morgan fingerprint density at radius 1 is 0.852 bits per heavy atom. The van der Waals surface area contributed by atoms with Gasteiger partial charge in [-0.3, -0.25) is 4.98 Å². The van der Waals surface area contributed by atoms with E-state index in [0.717, 1.165) is 19.6 Å². The molecule has 1 unspecified atom stereocenters. The average molecular weight is 376 g/mol. The highest BCUT2D eigenvalue weighted by Gasteiger charge is 2.13. The number of rotatable bonds is 16. The Kier molecular flexibility index (Phi) is 13.3. The van der Waals surface area contributed by atoms with Gasteiger partial charge < -0.3 is 9.47 Å². The number of pyridine rings is 1. The zero-order chi connectivity index (χ0) is 18.8. The van der Waals surface area contributed by atoms with E-state index < -0.39 is 0 Å². The van der Waals surface area contributed by atoms with Crippen LogP contribution in [0.1, 0.15) is 102 Å². The summed E-state index contributed by atoms with van der Waals surface area (Å²) < 4.78 is 11.4. The van der Waals surface area contributed by atoms with Gasteiger partial charge in [-0.05, 0) is 50.2 Å². The first-order chi connectivity index (χ1) is 13.4. The van der Waals surface area contributed by atoms with Gasteiger partial charge in [-0.25, -0.2) is 0 Å². The largest absolute Gasteiger partial charge is 0.353 e. The van der Waals surface area contributed by atoms with Crippen molar-refractivity contribution in [1.29, 1.82) is 0 Å². The molecule has 3 nitrogen and oxygen atoms in total. The number of aryl methyl sites for hydroxylation is 1. The van der Waals surface area contributed by atoms with Crippen LogP contribution in [0.15, 0.2) is 24.5 Å². The molecule has 27 heavy (non-hydrogen) atoms. The summed E-state index contributed by atoms with van der Waals surface area (Å²) in [5.74, 6) is 0. The topological polar surface area (TPSA) is 31.4 Å². The molecule has 2 heterocycles. The minimum atomic E-state index is 0.0918. The maximum atomic E-state index is 5.78. The Hall–Kier alpha value is -0.930. The fourth-order valence-corrected chi connectivity index (χ4v) is 3.80. The highest BCUT2D eigenvalue weighted by molar-refractivity contribution is 5.08. The predicted molar refractivity (Wildman–Crippen MR) is 113 cm³/mol. The van der Waals surface area contributed by atoms with Gasteiger partial charge in [0.1, 0.15) is 0 Å². The van der Waals surface area contributed by atoms with Crippen molar-refractivity contribution in [3.8, 4) is 0 Å². The number of aromatic nitrogens is 1. The summed E-state index contributed by atoms with van der Waals surface area (Å²) in [5, 5.41) is 0. The Morgan fingerprint density at radius 2 is 1.52 bits per heavy atom. The van der Waals surface area contributed by atoms with Crippen LogP contribution in [0.4, 0.5) is 0 Å². The smallest absolute Gasteiger partial charge is 0.157 e. The number of nitrogens with zero attached hydrogens (tertiary/aromatic N) is 1. The Bertz CT molecular complexity index is 431. The monoisotopic (exact) mass is 375 g/mol. The molecular formula is C24H41NO2. The maximum Gasteiger partial charge on any atom is 0.157 e. The first kappa shape index (κ1) is 22.4. The third-order valence-corrected chi connectivity index (χ3v) is 5.52. The van der Waals surface area contributed by atoms with Gasteiger partial charge in [-0.2, -0.15) is 0 Å². The first-order valence-electron chi connectivity index (χ1n) is 11.6. The van der Waals surface area contributed by atoms with Crippen molar-refractivity contribution in [3.05, 3.63) is 30.1 Å². The molecule has 1 fully saturated rings. The summed E-state index contributed by atoms with van der Waals surface area (Å²) in [7, 11) is 0. The number of hydrogen-bond acceptors (Lipinski definition) is 3. The summed E-state index contributed by atoms with van der Waals surface area (Å²) >= 11 is 0. The average Bonchev–Trinajstić information content (AvgIpc) is 2.72. The van der Waals surface area contributed by atoms with Crippen molar-refractivity contribution in [2.45, 2.75) is 109 Å². The number of unbranched alkanes of at least 4 members (excludes halogenated alkanes) is 11. The molecule has 0 aromatic carbocycles. The molecule has 0 N–H and O–H groups in total. The highest BCUT2D eigenvalue weighted by atomic mass is 16.7. The molecule has 3 heteroatoms.